The number of aliphatic hydroxyl groups excluding tert-OH is 1. The molecule has 0 aliphatic carbocycles. The van der Waals surface area contributed by atoms with Gasteiger partial charge in [0.1, 0.15) is 6.42 Å². The van der Waals surface area contributed by atoms with E-state index in [1.807, 2.05) is 40.7 Å². The van der Waals surface area contributed by atoms with Crippen LogP contribution in [-0.4, -0.2) is 68.0 Å². The van der Waals surface area contributed by atoms with Crippen LogP contribution < -0.4 is 54.2 Å². The summed E-state index contributed by atoms with van der Waals surface area (Å²) in [4.78, 5) is 9.88. The molecule has 0 aliphatic rings. The van der Waals surface area contributed by atoms with Gasteiger partial charge in [-0.15, -0.1) is 0 Å². The molecule has 0 radical (unpaired) electrons. The number of aliphatic carboxylic acids is 1. The first-order valence-electron chi connectivity index (χ1n) is 16.8. The maximum atomic E-state index is 10.5. The number of carbonyl (C=O) groups is 1. The summed E-state index contributed by atoms with van der Waals surface area (Å²) in [6, 6.07) is 2.01. The number of nitrogens with two attached hydrogens (primary N) is 1. The van der Waals surface area contributed by atoms with Gasteiger partial charge < -0.3 is 29.2 Å². The van der Waals surface area contributed by atoms with E-state index in [-0.39, 0.29) is 86.8 Å². The van der Waals surface area contributed by atoms with Gasteiger partial charge in [-0.2, -0.15) is 13.7 Å². The molecule has 0 unspecified atom stereocenters. The molecule has 0 amide bonds. The van der Waals surface area contributed by atoms with Crippen LogP contribution in [0.15, 0.2) is 0 Å². The Bertz CT molecular complexity index is 1820. The second-order valence-corrected chi connectivity index (χ2v) is 10.3. The molecule has 0 atom stereocenters. The predicted octanol–water partition coefficient (Wildman–Crippen LogP) is -1.68. The minimum atomic E-state index is -3.33. The Morgan fingerprint density at radius 2 is 0.982 bits per heavy atom. The van der Waals surface area contributed by atoms with E-state index in [1.165, 1.54) is 0 Å². The van der Waals surface area contributed by atoms with E-state index in [2.05, 4.69) is 123 Å². The van der Waals surface area contributed by atoms with Crippen molar-refractivity contribution in [3.05, 3.63) is 6.57 Å². The Morgan fingerprint density at radius 1 is 0.649 bits per heavy atom. The molecule has 13 heteroatoms. The van der Waals surface area contributed by atoms with E-state index in [0.29, 0.717) is 25.7 Å². The van der Waals surface area contributed by atoms with Crippen LogP contribution >= 0.6 is 0 Å². The smallest absolute Gasteiger partial charge is 1.00 e. The van der Waals surface area contributed by atoms with Crippen LogP contribution in [0, 0.1) is 142 Å². The molecule has 0 saturated carbocycles. The zero-order valence-corrected chi connectivity index (χ0v) is 37.3. The monoisotopic (exact) mass is 811 g/mol. The quantitative estimate of drug-likeness (QED) is 0.0851. The number of unbranched alkanes of at least 4 members (excludes halogenated alkanes) is 2. The number of aliphatic hydroxyl groups is 1. The maximum absolute atomic E-state index is 10.5. The number of carboxylic acid groups (broad SMARTS) is 1. The molecular formula is C44H56AlLiN3NaO6S. The number of hydrogen-bond acceptors (Lipinski definition) is 8. The van der Waals surface area contributed by atoms with Crippen LogP contribution in [0.1, 0.15) is 113 Å². The van der Waals surface area contributed by atoms with Gasteiger partial charge in [-0.25, -0.2) is 0 Å². The molecule has 0 spiro atoms. The van der Waals surface area contributed by atoms with Crippen molar-refractivity contribution in [2.75, 3.05) is 26.0 Å². The van der Waals surface area contributed by atoms with Gasteiger partial charge in [-0.05, 0) is 72.2 Å². The van der Waals surface area contributed by atoms with Crippen molar-refractivity contribution in [3.63, 3.8) is 0 Å². The zero-order valence-electron chi connectivity index (χ0n) is 35.5. The fourth-order valence-corrected chi connectivity index (χ4v) is 2.25. The molecule has 57 heavy (non-hydrogen) atoms. The second kappa shape index (κ2) is 76.7. The molecule has 0 saturated heterocycles. The maximum Gasteiger partial charge on any atom is 1.00 e. The van der Waals surface area contributed by atoms with Gasteiger partial charge in [0.05, 0.1) is 25.5 Å². The molecular weight excluding hydrogens is 755 g/mol. The first-order chi connectivity index (χ1) is 26.1. The van der Waals surface area contributed by atoms with E-state index < -0.39 is 16.1 Å². The van der Waals surface area contributed by atoms with Crippen molar-refractivity contribution in [2.24, 2.45) is 5.73 Å². The van der Waals surface area contributed by atoms with Gasteiger partial charge in [-0.1, -0.05) is 93.8 Å². The number of carboxylic acids is 1. The van der Waals surface area contributed by atoms with Crippen molar-refractivity contribution >= 4 is 33.4 Å². The summed E-state index contributed by atoms with van der Waals surface area (Å²) >= 11 is 0. The standard InChI is InChI=1S/C9H13N.C9H9N.C9H12O3S.C8H8O2.C8H10O.CN.Al.Li.Na.4H/c2*1-2-3-4-5-6-7-8-9-10;1-3-4-5-6-7-8-9-12-13(2,10)11;1-2-3-4-5-6-7-8(9)10;1-2-3-4-5-6-7-8-9;1-2;;;;;;;/h2,7-10H2,1H3;2,7-8H2,1H3;3,8-9H2,1-2H3;2,7H2,1H3,(H,9,10);9H,2,7-8H2,1H3;;;;;;;;/q;;;;;-1;;2*+1;;;;-1. The van der Waals surface area contributed by atoms with Gasteiger partial charge in [0, 0.05) is 64.2 Å². The van der Waals surface area contributed by atoms with Crippen LogP contribution in [0.3, 0.4) is 0 Å². The van der Waals surface area contributed by atoms with Crippen LogP contribution in [0.5, 0.6) is 0 Å². The predicted molar refractivity (Wildman–Crippen MR) is 228 cm³/mol. The molecule has 0 bridgehead atoms. The minimum Gasteiger partial charge on any atom is -1.00 e. The van der Waals surface area contributed by atoms with Crippen molar-refractivity contribution in [2.45, 2.75) is 112 Å². The van der Waals surface area contributed by atoms with E-state index >= 15 is 0 Å². The third-order valence-electron chi connectivity index (χ3n) is 3.95. The number of rotatable bonds is 8. The molecule has 4 N–H and O–H groups in total. The fraction of sp³-hybridized carbons (Fsp3) is 0.477. The molecule has 0 heterocycles. The number of hydrogen-bond donors (Lipinski definition) is 3. The summed E-state index contributed by atoms with van der Waals surface area (Å²) < 4.78 is 25.4. The van der Waals surface area contributed by atoms with Crippen molar-refractivity contribution < 1.29 is 77.5 Å². The molecule has 294 valence electrons. The number of nitriles is 1. The summed E-state index contributed by atoms with van der Waals surface area (Å²) in [6.45, 7) is 15.5. The molecule has 0 fully saturated rings. The van der Waals surface area contributed by atoms with Gasteiger partial charge in [0.15, 0.2) is 17.4 Å². The first-order valence-corrected chi connectivity index (χ1v) is 18.6. The Morgan fingerprint density at radius 3 is 1.30 bits per heavy atom. The summed E-state index contributed by atoms with van der Waals surface area (Å²) in [7, 11) is -3.33. The van der Waals surface area contributed by atoms with E-state index in [4.69, 9.17) is 33.0 Å². The molecule has 0 aliphatic heterocycles. The summed E-state index contributed by atoms with van der Waals surface area (Å²) in [5, 5.41) is 30.8. The summed E-state index contributed by atoms with van der Waals surface area (Å²) in [6.07, 6.45) is 8.85. The van der Waals surface area contributed by atoms with E-state index in [1.54, 1.807) is 0 Å². The molecule has 0 aromatic heterocycles. The number of nitrogens with zero attached hydrogens (tertiary/aromatic N) is 2. The van der Waals surface area contributed by atoms with E-state index in [0.717, 1.165) is 57.7 Å². The Balaban J connectivity index is -0.0000000606. The summed E-state index contributed by atoms with van der Waals surface area (Å²) in [5.41, 5.74) is 5.27. The van der Waals surface area contributed by atoms with Gasteiger partial charge in [0.25, 0.3) is 10.1 Å². The largest absolute Gasteiger partial charge is 1.00 e. The second-order valence-electron chi connectivity index (χ2n) is 8.66. The van der Waals surface area contributed by atoms with Gasteiger partial charge in [0.2, 0.25) is 0 Å². The Hall–Kier alpha value is -3.99. The Labute approximate surface area is 392 Å². The topological polar surface area (TPSA) is 174 Å². The molecule has 0 aromatic carbocycles. The summed E-state index contributed by atoms with van der Waals surface area (Å²) in [5.74, 6) is 52.8. The van der Waals surface area contributed by atoms with Crippen molar-refractivity contribution in [1.82, 2.24) is 0 Å². The zero-order chi connectivity index (χ0) is 42.2. The normalized spacial score (nSPS) is 6.61. The van der Waals surface area contributed by atoms with Gasteiger partial charge in [-0.3, -0.25) is 8.98 Å². The van der Waals surface area contributed by atoms with Crippen LogP contribution in [0.2, 0.25) is 0 Å². The SMILES string of the molecule is CCC#CC#CCC(=O)O.CCC#CC#CCCC#N.CCC#CC#CCCCN.CCC#CC#CCCO.CCC#CC#CCCOS(C)(=O)=O.[AlH3].[C-]#N.[H-].[Li+].[Na+]. The molecule has 9 nitrogen and oxygen atoms in total. The third-order valence-corrected chi connectivity index (χ3v) is 4.54. The van der Waals surface area contributed by atoms with Crippen LogP contribution in [-0.2, 0) is 19.1 Å². The van der Waals surface area contributed by atoms with Crippen molar-refractivity contribution in [1.29, 1.82) is 10.5 Å². The first kappa shape index (κ1) is 74.0. The van der Waals surface area contributed by atoms with Crippen LogP contribution in [0.25, 0.3) is 0 Å². The molecule has 0 aromatic rings. The van der Waals surface area contributed by atoms with Gasteiger partial charge >= 0.3 is 54.4 Å². The average Bonchev–Trinajstić information content (AvgIpc) is 3.15. The fourth-order valence-electron chi connectivity index (χ4n) is 1.86. The van der Waals surface area contributed by atoms with Crippen molar-refractivity contribution in [3.8, 4) is 124 Å². The third kappa shape index (κ3) is 119. The van der Waals surface area contributed by atoms with Crippen LogP contribution in [0.4, 0.5) is 0 Å². The van der Waals surface area contributed by atoms with E-state index in [9.17, 15) is 13.2 Å². The molecule has 0 rings (SSSR count). The minimum absolute atomic E-state index is 0. The average molecular weight is 812 g/mol. The Kier molecular flexibility index (Phi) is 99.6.